The van der Waals surface area contributed by atoms with Gasteiger partial charge in [-0.15, -0.1) is 0 Å². The molecule has 1 amide bonds. The van der Waals surface area contributed by atoms with Crippen LogP contribution in [-0.2, 0) is 4.79 Å². The summed E-state index contributed by atoms with van der Waals surface area (Å²) in [4.78, 5) is 13.0. The molecule has 5 nitrogen and oxygen atoms in total. The Morgan fingerprint density at radius 1 is 1.69 bits per heavy atom. The average molecular weight is 182 g/mol. The van der Waals surface area contributed by atoms with E-state index in [0.29, 0.717) is 5.69 Å². The van der Waals surface area contributed by atoms with Gasteiger partial charge >= 0.3 is 0 Å². The van der Waals surface area contributed by atoms with Gasteiger partial charge in [0.1, 0.15) is 6.04 Å². The second-order valence-corrected chi connectivity index (χ2v) is 3.16. The Morgan fingerprint density at radius 3 is 2.69 bits per heavy atom. The molecule has 5 heteroatoms. The average Bonchev–Trinajstić information content (AvgIpc) is 2.49. The van der Waals surface area contributed by atoms with Crippen molar-refractivity contribution in [1.82, 2.24) is 14.7 Å². The molecule has 1 aromatic rings. The fraction of sp³-hybridized carbons (Fsp3) is 0.500. The van der Waals surface area contributed by atoms with E-state index in [0.717, 1.165) is 0 Å². The van der Waals surface area contributed by atoms with Crippen molar-refractivity contribution < 1.29 is 4.79 Å². The Labute approximate surface area is 77.1 Å². The minimum absolute atomic E-state index is 0.00287. The largest absolute Gasteiger partial charge is 0.396 e. The van der Waals surface area contributed by atoms with Crippen LogP contribution in [0.5, 0.6) is 0 Å². The molecule has 0 unspecified atom stereocenters. The van der Waals surface area contributed by atoms with Crippen molar-refractivity contribution in [2.24, 2.45) is 0 Å². The molecular formula is C8H14N4O. The monoisotopic (exact) mass is 182 g/mol. The van der Waals surface area contributed by atoms with Crippen LogP contribution in [0.2, 0.25) is 0 Å². The molecule has 0 aliphatic heterocycles. The van der Waals surface area contributed by atoms with E-state index in [1.165, 1.54) is 11.1 Å². The highest BCUT2D eigenvalue weighted by Crippen LogP contribution is 2.09. The van der Waals surface area contributed by atoms with Crippen molar-refractivity contribution in [3.05, 3.63) is 12.4 Å². The third-order valence-corrected chi connectivity index (χ3v) is 1.82. The molecule has 0 spiro atoms. The molecule has 0 radical (unpaired) electrons. The molecule has 0 bridgehead atoms. The zero-order chi connectivity index (χ0) is 10.0. The number of rotatable bonds is 2. The highest BCUT2D eigenvalue weighted by molar-refractivity contribution is 5.79. The summed E-state index contributed by atoms with van der Waals surface area (Å²) in [6.45, 7) is 1.79. The van der Waals surface area contributed by atoms with Crippen LogP contribution in [0, 0.1) is 0 Å². The highest BCUT2D eigenvalue weighted by Gasteiger charge is 2.16. The molecule has 0 saturated heterocycles. The van der Waals surface area contributed by atoms with Gasteiger partial charge in [-0.3, -0.25) is 9.48 Å². The summed E-state index contributed by atoms with van der Waals surface area (Å²) < 4.78 is 1.55. The lowest BCUT2D eigenvalue weighted by Crippen LogP contribution is -2.30. The Hall–Kier alpha value is -1.52. The van der Waals surface area contributed by atoms with Gasteiger partial charge in [0.05, 0.1) is 11.9 Å². The van der Waals surface area contributed by atoms with Gasteiger partial charge in [0.2, 0.25) is 5.91 Å². The molecule has 1 rings (SSSR count). The molecule has 1 heterocycles. The van der Waals surface area contributed by atoms with Crippen molar-refractivity contribution in [1.29, 1.82) is 0 Å². The van der Waals surface area contributed by atoms with Gasteiger partial charge in [-0.1, -0.05) is 0 Å². The van der Waals surface area contributed by atoms with E-state index in [1.54, 1.807) is 31.9 Å². The van der Waals surface area contributed by atoms with Crippen LogP contribution < -0.4 is 5.73 Å². The van der Waals surface area contributed by atoms with Gasteiger partial charge < -0.3 is 10.6 Å². The van der Waals surface area contributed by atoms with E-state index >= 15 is 0 Å². The lowest BCUT2D eigenvalue weighted by molar-refractivity contribution is -0.131. The number of likely N-dealkylation sites (N-methyl/N-ethyl adjacent to an activating group) is 1. The number of aromatic nitrogens is 2. The minimum Gasteiger partial charge on any atom is -0.396 e. The highest BCUT2D eigenvalue weighted by atomic mass is 16.2. The second-order valence-electron chi connectivity index (χ2n) is 3.16. The SMILES string of the molecule is C[C@H](C(=O)N(C)C)n1cc(N)cn1. The molecule has 2 N–H and O–H groups in total. The van der Waals surface area contributed by atoms with E-state index in [9.17, 15) is 4.79 Å². The normalized spacial score (nSPS) is 12.5. The van der Waals surface area contributed by atoms with E-state index < -0.39 is 0 Å². The lowest BCUT2D eigenvalue weighted by Gasteiger charge is -2.16. The molecule has 0 fully saturated rings. The zero-order valence-corrected chi connectivity index (χ0v) is 8.06. The van der Waals surface area contributed by atoms with Gasteiger partial charge in [-0.2, -0.15) is 5.10 Å². The molecule has 1 atom stereocenters. The molecule has 0 aliphatic carbocycles. The Morgan fingerprint density at radius 2 is 2.31 bits per heavy atom. The number of carbonyl (C=O) groups excluding carboxylic acids is 1. The van der Waals surface area contributed by atoms with Crippen LogP contribution in [0.4, 0.5) is 5.69 Å². The number of anilines is 1. The number of nitrogens with two attached hydrogens (primary N) is 1. The first-order valence-corrected chi connectivity index (χ1v) is 4.03. The predicted octanol–water partition coefficient (Wildman–Crippen LogP) is 0.114. The smallest absolute Gasteiger partial charge is 0.246 e. The van der Waals surface area contributed by atoms with E-state index in [4.69, 9.17) is 5.73 Å². The van der Waals surface area contributed by atoms with Crippen LogP contribution in [0.15, 0.2) is 12.4 Å². The molecular weight excluding hydrogens is 168 g/mol. The third kappa shape index (κ3) is 1.99. The summed E-state index contributed by atoms with van der Waals surface area (Å²) in [7, 11) is 3.43. The summed E-state index contributed by atoms with van der Waals surface area (Å²) in [6.07, 6.45) is 3.17. The maximum absolute atomic E-state index is 11.5. The predicted molar refractivity (Wildman–Crippen MR) is 50.0 cm³/mol. The van der Waals surface area contributed by atoms with Crippen LogP contribution in [-0.4, -0.2) is 34.7 Å². The minimum atomic E-state index is -0.299. The van der Waals surface area contributed by atoms with Crippen molar-refractivity contribution in [3.8, 4) is 0 Å². The van der Waals surface area contributed by atoms with Crippen LogP contribution in [0.3, 0.4) is 0 Å². The van der Waals surface area contributed by atoms with Crippen molar-refractivity contribution in [2.45, 2.75) is 13.0 Å². The Balaban J connectivity index is 2.79. The topological polar surface area (TPSA) is 64.2 Å². The first-order chi connectivity index (χ1) is 6.02. The second kappa shape index (κ2) is 3.47. The van der Waals surface area contributed by atoms with Crippen molar-refractivity contribution in [3.63, 3.8) is 0 Å². The van der Waals surface area contributed by atoms with E-state index in [-0.39, 0.29) is 11.9 Å². The molecule has 72 valence electrons. The maximum atomic E-state index is 11.5. The first-order valence-electron chi connectivity index (χ1n) is 4.03. The van der Waals surface area contributed by atoms with Gasteiger partial charge in [-0.05, 0) is 6.92 Å². The van der Waals surface area contributed by atoms with E-state index in [2.05, 4.69) is 5.10 Å². The van der Waals surface area contributed by atoms with Gasteiger partial charge in [0.15, 0.2) is 0 Å². The van der Waals surface area contributed by atoms with Gasteiger partial charge in [-0.25, -0.2) is 0 Å². The van der Waals surface area contributed by atoms with Gasteiger partial charge in [0, 0.05) is 20.3 Å². The van der Waals surface area contributed by atoms with Crippen LogP contribution in [0.1, 0.15) is 13.0 Å². The summed E-state index contributed by atoms with van der Waals surface area (Å²) >= 11 is 0. The first kappa shape index (κ1) is 9.57. The van der Waals surface area contributed by atoms with Crippen molar-refractivity contribution in [2.75, 3.05) is 19.8 Å². The molecule has 0 saturated carbocycles. The van der Waals surface area contributed by atoms with Crippen LogP contribution in [0.25, 0.3) is 0 Å². The zero-order valence-electron chi connectivity index (χ0n) is 8.06. The number of nitrogens with zero attached hydrogens (tertiary/aromatic N) is 3. The number of amides is 1. The lowest BCUT2D eigenvalue weighted by atomic mass is 10.3. The van der Waals surface area contributed by atoms with Gasteiger partial charge in [0.25, 0.3) is 0 Å². The van der Waals surface area contributed by atoms with Crippen LogP contribution >= 0.6 is 0 Å². The fourth-order valence-electron chi connectivity index (χ4n) is 1.05. The quantitative estimate of drug-likeness (QED) is 0.706. The standard InChI is InChI=1S/C8H14N4O/c1-6(8(13)11(2)3)12-5-7(9)4-10-12/h4-6H,9H2,1-3H3/t6-/m1/s1. The fourth-order valence-corrected chi connectivity index (χ4v) is 1.05. The maximum Gasteiger partial charge on any atom is 0.246 e. The third-order valence-electron chi connectivity index (χ3n) is 1.82. The number of carbonyl (C=O) groups is 1. The molecule has 0 aromatic carbocycles. The van der Waals surface area contributed by atoms with Crippen molar-refractivity contribution >= 4 is 11.6 Å². The molecule has 1 aromatic heterocycles. The molecule has 13 heavy (non-hydrogen) atoms. The Bertz CT molecular complexity index is 305. The summed E-state index contributed by atoms with van der Waals surface area (Å²) in [5, 5.41) is 3.96. The Kier molecular flexibility index (Phi) is 2.55. The number of hydrogen-bond acceptors (Lipinski definition) is 3. The summed E-state index contributed by atoms with van der Waals surface area (Å²) in [5.41, 5.74) is 6.05. The number of hydrogen-bond donors (Lipinski definition) is 1. The summed E-state index contributed by atoms with van der Waals surface area (Å²) in [5.74, 6) is 0.00287. The summed E-state index contributed by atoms with van der Waals surface area (Å²) in [6, 6.07) is -0.299. The number of nitrogen functional groups attached to an aromatic ring is 1. The van der Waals surface area contributed by atoms with E-state index in [1.807, 2.05) is 0 Å². The molecule has 0 aliphatic rings.